The van der Waals surface area contributed by atoms with Crippen molar-refractivity contribution < 1.29 is 9.53 Å². The van der Waals surface area contributed by atoms with Crippen molar-refractivity contribution in [2.75, 3.05) is 13.7 Å². The minimum Gasteiger partial charge on any atom is -0.375 e. The van der Waals surface area contributed by atoms with Crippen molar-refractivity contribution >= 4 is 5.91 Å². The number of amides is 1. The first kappa shape index (κ1) is 12.7. The van der Waals surface area contributed by atoms with E-state index in [0.29, 0.717) is 5.92 Å². The number of nitrogens with one attached hydrogen (secondary N) is 1. The summed E-state index contributed by atoms with van der Waals surface area (Å²) in [5.74, 6) is 0.272. The first-order valence-corrected chi connectivity index (χ1v) is 5.48. The summed E-state index contributed by atoms with van der Waals surface area (Å²) in [7, 11) is 1.52. The van der Waals surface area contributed by atoms with Gasteiger partial charge in [-0.1, -0.05) is 44.2 Å². The number of ether oxygens (including phenoxy) is 1. The third-order valence-corrected chi connectivity index (χ3v) is 2.42. The van der Waals surface area contributed by atoms with Crippen molar-refractivity contribution in [1.82, 2.24) is 5.32 Å². The van der Waals surface area contributed by atoms with E-state index in [-0.39, 0.29) is 18.6 Å². The average molecular weight is 221 g/mol. The highest BCUT2D eigenvalue weighted by molar-refractivity contribution is 5.77. The molecule has 0 aliphatic heterocycles. The van der Waals surface area contributed by atoms with Gasteiger partial charge in [0.1, 0.15) is 6.61 Å². The third kappa shape index (κ3) is 3.66. The highest BCUT2D eigenvalue weighted by Gasteiger charge is 2.17. The minimum atomic E-state index is -0.0787. The van der Waals surface area contributed by atoms with Gasteiger partial charge in [0.15, 0.2) is 0 Å². The molecular weight excluding hydrogens is 202 g/mol. The SMILES string of the molecule is COCC(=O)N[C@@H](c1ccccc1)C(C)C. The van der Waals surface area contributed by atoms with E-state index in [9.17, 15) is 4.79 Å². The Morgan fingerprint density at radius 3 is 2.44 bits per heavy atom. The van der Waals surface area contributed by atoms with Crippen LogP contribution in [0.3, 0.4) is 0 Å². The Morgan fingerprint density at radius 2 is 1.94 bits per heavy atom. The number of hydrogen-bond acceptors (Lipinski definition) is 2. The molecule has 0 saturated carbocycles. The van der Waals surface area contributed by atoms with Crippen molar-refractivity contribution in [2.45, 2.75) is 19.9 Å². The molecule has 3 heteroatoms. The average Bonchev–Trinajstić information content (AvgIpc) is 2.27. The number of carbonyl (C=O) groups excluding carboxylic acids is 1. The van der Waals surface area contributed by atoms with Crippen molar-refractivity contribution in [1.29, 1.82) is 0 Å². The minimum absolute atomic E-state index is 0.0452. The van der Waals surface area contributed by atoms with E-state index in [1.165, 1.54) is 7.11 Å². The van der Waals surface area contributed by atoms with Gasteiger partial charge in [0.2, 0.25) is 5.91 Å². The molecule has 1 rings (SSSR count). The van der Waals surface area contributed by atoms with Crippen molar-refractivity contribution in [2.24, 2.45) is 5.92 Å². The lowest BCUT2D eigenvalue weighted by Crippen LogP contribution is -2.34. The number of hydrogen-bond donors (Lipinski definition) is 1. The van der Waals surface area contributed by atoms with Gasteiger partial charge in [-0.15, -0.1) is 0 Å². The molecule has 16 heavy (non-hydrogen) atoms. The van der Waals surface area contributed by atoms with Gasteiger partial charge in [0.05, 0.1) is 6.04 Å². The predicted molar refractivity (Wildman–Crippen MR) is 64.0 cm³/mol. The molecule has 3 nitrogen and oxygen atoms in total. The van der Waals surface area contributed by atoms with Crippen molar-refractivity contribution in [3.63, 3.8) is 0 Å². The second-order valence-electron chi connectivity index (χ2n) is 4.13. The summed E-state index contributed by atoms with van der Waals surface area (Å²) in [6.07, 6.45) is 0. The lowest BCUT2D eigenvalue weighted by atomic mass is 9.96. The Bertz CT molecular complexity index is 322. The zero-order chi connectivity index (χ0) is 12.0. The molecule has 0 aliphatic carbocycles. The molecular formula is C13H19NO2. The van der Waals surface area contributed by atoms with Crippen molar-refractivity contribution in [3.8, 4) is 0 Å². The fourth-order valence-corrected chi connectivity index (χ4v) is 1.64. The van der Waals surface area contributed by atoms with E-state index in [2.05, 4.69) is 19.2 Å². The van der Waals surface area contributed by atoms with E-state index >= 15 is 0 Å². The van der Waals surface area contributed by atoms with Crippen LogP contribution in [0.2, 0.25) is 0 Å². The first-order chi connectivity index (χ1) is 7.65. The quantitative estimate of drug-likeness (QED) is 0.827. The maximum Gasteiger partial charge on any atom is 0.246 e. The molecule has 0 spiro atoms. The summed E-state index contributed by atoms with van der Waals surface area (Å²) in [6, 6.07) is 10.0. The molecule has 0 saturated heterocycles. The number of benzene rings is 1. The van der Waals surface area contributed by atoms with Crippen LogP contribution in [-0.4, -0.2) is 19.6 Å². The van der Waals surface area contributed by atoms with Crippen LogP contribution in [0.5, 0.6) is 0 Å². The molecule has 0 fully saturated rings. The summed E-state index contributed by atoms with van der Waals surface area (Å²) < 4.78 is 4.81. The Labute approximate surface area is 96.8 Å². The van der Waals surface area contributed by atoms with Crippen LogP contribution >= 0.6 is 0 Å². The number of carbonyl (C=O) groups is 1. The van der Waals surface area contributed by atoms with E-state index in [1.54, 1.807) is 0 Å². The molecule has 1 atom stereocenters. The third-order valence-electron chi connectivity index (χ3n) is 2.42. The smallest absolute Gasteiger partial charge is 0.246 e. The largest absolute Gasteiger partial charge is 0.375 e. The van der Waals surface area contributed by atoms with Gasteiger partial charge in [-0.2, -0.15) is 0 Å². The number of methoxy groups -OCH3 is 1. The maximum absolute atomic E-state index is 11.5. The second-order valence-corrected chi connectivity index (χ2v) is 4.13. The highest BCUT2D eigenvalue weighted by Crippen LogP contribution is 2.20. The molecule has 0 bridgehead atoms. The monoisotopic (exact) mass is 221 g/mol. The molecule has 88 valence electrons. The van der Waals surface area contributed by atoms with Crippen LogP contribution in [0.25, 0.3) is 0 Å². The normalized spacial score (nSPS) is 12.5. The van der Waals surface area contributed by atoms with Gasteiger partial charge < -0.3 is 10.1 Å². The summed E-state index contributed by atoms with van der Waals surface area (Å²) in [5.41, 5.74) is 1.13. The van der Waals surface area contributed by atoms with Gasteiger partial charge in [-0.05, 0) is 11.5 Å². The lowest BCUT2D eigenvalue weighted by molar-refractivity contribution is -0.125. The molecule has 0 aromatic heterocycles. The van der Waals surface area contributed by atoms with E-state index in [4.69, 9.17) is 4.74 Å². The van der Waals surface area contributed by atoms with Gasteiger partial charge in [-0.3, -0.25) is 4.79 Å². The van der Waals surface area contributed by atoms with Gasteiger partial charge in [0.25, 0.3) is 0 Å². The summed E-state index contributed by atoms with van der Waals surface area (Å²) in [5, 5.41) is 2.97. The van der Waals surface area contributed by atoms with Crippen LogP contribution in [-0.2, 0) is 9.53 Å². The fraction of sp³-hybridized carbons (Fsp3) is 0.462. The lowest BCUT2D eigenvalue weighted by Gasteiger charge is -2.22. The molecule has 1 N–H and O–H groups in total. The van der Waals surface area contributed by atoms with Gasteiger partial charge in [0, 0.05) is 7.11 Å². The second kappa shape index (κ2) is 6.28. The molecule has 0 radical (unpaired) electrons. The molecule has 0 heterocycles. The Kier molecular flexibility index (Phi) is 4.99. The van der Waals surface area contributed by atoms with E-state index in [1.807, 2.05) is 30.3 Å². The van der Waals surface area contributed by atoms with Crippen LogP contribution in [0, 0.1) is 5.92 Å². The predicted octanol–water partition coefficient (Wildman–Crippen LogP) is 2.15. The van der Waals surface area contributed by atoms with Crippen molar-refractivity contribution in [3.05, 3.63) is 35.9 Å². The Balaban J connectivity index is 2.73. The fourth-order valence-electron chi connectivity index (χ4n) is 1.64. The summed E-state index contributed by atoms with van der Waals surface area (Å²) in [4.78, 5) is 11.5. The highest BCUT2D eigenvalue weighted by atomic mass is 16.5. The standard InChI is InChI=1S/C13H19NO2/c1-10(2)13(14-12(15)9-16-3)11-7-5-4-6-8-11/h4-8,10,13H,9H2,1-3H3,(H,14,15)/t13-/m1/s1. The number of rotatable bonds is 5. The molecule has 0 unspecified atom stereocenters. The summed E-state index contributed by atoms with van der Waals surface area (Å²) in [6.45, 7) is 4.28. The first-order valence-electron chi connectivity index (χ1n) is 5.48. The van der Waals surface area contributed by atoms with Crippen LogP contribution < -0.4 is 5.32 Å². The molecule has 0 aliphatic rings. The van der Waals surface area contributed by atoms with Gasteiger partial charge in [-0.25, -0.2) is 0 Å². The maximum atomic E-state index is 11.5. The van der Waals surface area contributed by atoms with Gasteiger partial charge >= 0.3 is 0 Å². The van der Waals surface area contributed by atoms with E-state index < -0.39 is 0 Å². The zero-order valence-corrected chi connectivity index (χ0v) is 10.1. The Hall–Kier alpha value is -1.35. The zero-order valence-electron chi connectivity index (χ0n) is 10.1. The molecule has 1 aromatic rings. The Morgan fingerprint density at radius 1 is 1.31 bits per heavy atom. The molecule has 1 aromatic carbocycles. The molecule has 1 amide bonds. The van der Waals surface area contributed by atoms with Crippen LogP contribution in [0.1, 0.15) is 25.5 Å². The van der Waals surface area contributed by atoms with Crippen LogP contribution in [0.4, 0.5) is 0 Å². The topological polar surface area (TPSA) is 38.3 Å². The van der Waals surface area contributed by atoms with E-state index in [0.717, 1.165) is 5.56 Å². The summed E-state index contributed by atoms with van der Waals surface area (Å²) >= 11 is 0. The van der Waals surface area contributed by atoms with Crippen LogP contribution in [0.15, 0.2) is 30.3 Å².